The van der Waals surface area contributed by atoms with Gasteiger partial charge in [0.25, 0.3) is 0 Å². The normalized spacial score (nSPS) is 31.2. The van der Waals surface area contributed by atoms with Gasteiger partial charge >= 0.3 is 0 Å². The van der Waals surface area contributed by atoms with Crippen LogP contribution in [0.1, 0.15) is 56.9 Å². The summed E-state index contributed by atoms with van der Waals surface area (Å²) in [5, 5.41) is 15.2. The quantitative estimate of drug-likeness (QED) is 0.499. The molecule has 0 aromatic heterocycles. The number of carbonyl (C=O) groups excluding carboxylic acids is 1. The monoisotopic (exact) mass is 448 g/mol. The zero-order valence-corrected chi connectivity index (χ0v) is 19.0. The van der Waals surface area contributed by atoms with E-state index in [2.05, 4.69) is 21.3 Å². The molecule has 5 nitrogen and oxygen atoms in total. The van der Waals surface area contributed by atoms with Crippen LogP contribution in [0.3, 0.4) is 0 Å². The molecule has 2 saturated carbocycles. The van der Waals surface area contributed by atoms with Gasteiger partial charge in [-0.25, -0.2) is 0 Å². The second-order valence-electron chi connectivity index (χ2n) is 9.09. The van der Waals surface area contributed by atoms with E-state index in [-0.39, 0.29) is 18.0 Å². The molecular formula is C23H33ClN4OS. The van der Waals surface area contributed by atoms with Crippen molar-refractivity contribution in [1.82, 2.24) is 21.3 Å². The highest BCUT2D eigenvalue weighted by molar-refractivity contribution is 7.80. The SMILES string of the molecule is O=C(NCc1ccccc1Cl)C1CCC(CNC2NC(=S)NC3CCCCC32)CC1. The molecule has 164 valence electrons. The van der Waals surface area contributed by atoms with Gasteiger partial charge in [0.2, 0.25) is 5.91 Å². The Morgan fingerprint density at radius 1 is 1.07 bits per heavy atom. The number of benzene rings is 1. The number of hydrogen-bond acceptors (Lipinski definition) is 3. The number of thiocarbonyl (C=S) groups is 1. The molecule has 1 aromatic rings. The van der Waals surface area contributed by atoms with Crippen LogP contribution in [0.25, 0.3) is 0 Å². The van der Waals surface area contributed by atoms with E-state index in [0.717, 1.165) is 42.9 Å². The third-order valence-electron chi connectivity index (χ3n) is 7.11. The Morgan fingerprint density at radius 3 is 2.63 bits per heavy atom. The largest absolute Gasteiger partial charge is 0.360 e. The van der Waals surface area contributed by atoms with Gasteiger partial charge in [-0.2, -0.15) is 0 Å². The summed E-state index contributed by atoms with van der Waals surface area (Å²) < 4.78 is 0. The molecule has 1 aromatic carbocycles. The first-order valence-corrected chi connectivity index (χ1v) is 12.2. The summed E-state index contributed by atoms with van der Waals surface area (Å²) >= 11 is 11.6. The Bertz CT molecular complexity index is 752. The molecule has 0 spiro atoms. The summed E-state index contributed by atoms with van der Waals surface area (Å²) in [7, 11) is 0. The van der Waals surface area contributed by atoms with Crippen molar-refractivity contribution in [1.29, 1.82) is 0 Å². The summed E-state index contributed by atoms with van der Waals surface area (Å²) in [4.78, 5) is 12.6. The highest BCUT2D eigenvalue weighted by Crippen LogP contribution is 2.31. The maximum absolute atomic E-state index is 12.6. The fraction of sp³-hybridized carbons (Fsp3) is 0.652. The first-order valence-electron chi connectivity index (χ1n) is 11.4. The van der Waals surface area contributed by atoms with Crippen LogP contribution in [-0.2, 0) is 11.3 Å². The third-order valence-corrected chi connectivity index (χ3v) is 7.71. The lowest BCUT2D eigenvalue weighted by Gasteiger charge is -2.44. The average molecular weight is 449 g/mol. The summed E-state index contributed by atoms with van der Waals surface area (Å²) in [5.74, 6) is 1.52. The van der Waals surface area contributed by atoms with Crippen molar-refractivity contribution in [2.45, 2.75) is 70.1 Å². The van der Waals surface area contributed by atoms with Crippen LogP contribution in [0, 0.1) is 17.8 Å². The Morgan fingerprint density at radius 2 is 1.83 bits per heavy atom. The minimum absolute atomic E-state index is 0.121. The Labute approximate surface area is 190 Å². The van der Waals surface area contributed by atoms with Crippen molar-refractivity contribution in [3.05, 3.63) is 34.9 Å². The van der Waals surface area contributed by atoms with E-state index >= 15 is 0 Å². The first kappa shape index (κ1) is 21.8. The van der Waals surface area contributed by atoms with Gasteiger partial charge in [-0.15, -0.1) is 0 Å². The van der Waals surface area contributed by atoms with Crippen LogP contribution in [0.5, 0.6) is 0 Å². The third kappa shape index (κ3) is 5.45. The fourth-order valence-corrected chi connectivity index (χ4v) is 5.77. The Hall–Kier alpha value is -1.37. The number of rotatable bonds is 6. The first-order chi connectivity index (χ1) is 14.6. The van der Waals surface area contributed by atoms with Gasteiger partial charge in [0.05, 0.1) is 6.17 Å². The topological polar surface area (TPSA) is 65.2 Å². The van der Waals surface area contributed by atoms with Crippen molar-refractivity contribution >= 4 is 34.8 Å². The molecule has 4 N–H and O–H groups in total. The van der Waals surface area contributed by atoms with Gasteiger partial charge < -0.3 is 16.0 Å². The van der Waals surface area contributed by atoms with Crippen molar-refractivity contribution in [2.24, 2.45) is 17.8 Å². The van der Waals surface area contributed by atoms with Gasteiger partial charge in [-0.3, -0.25) is 10.1 Å². The minimum atomic E-state index is 0.121. The van der Waals surface area contributed by atoms with Crippen LogP contribution in [0.15, 0.2) is 24.3 Å². The summed E-state index contributed by atoms with van der Waals surface area (Å²) in [6, 6.07) is 8.20. The molecule has 2 aliphatic carbocycles. The van der Waals surface area contributed by atoms with Crippen LogP contribution in [0.4, 0.5) is 0 Å². The highest BCUT2D eigenvalue weighted by atomic mass is 35.5. The van der Waals surface area contributed by atoms with Crippen molar-refractivity contribution < 1.29 is 4.79 Å². The molecule has 0 bridgehead atoms. The molecule has 1 aliphatic heterocycles. The minimum Gasteiger partial charge on any atom is -0.360 e. The number of hydrogen-bond donors (Lipinski definition) is 4. The fourth-order valence-electron chi connectivity index (χ4n) is 5.29. The Balaban J connectivity index is 1.19. The molecule has 7 heteroatoms. The average Bonchev–Trinajstić information content (AvgIpc) is 2.77. The molecule has 30 heavy (non-hydrogen) atoms. The molecule has 1 saturated heterocycles. The lowest BCUT2D eigenvalue weighted by molar-refractivity contribution is -0.126. The van der Waals surface area contributed by atoms with E-state index in [0.29, 0.717) is 29.4 Å². The number of nitrogens with one attached hydrogen (secondary N) is 4. The molecule has 3 unspecified atom stereocenters. The molecule has 1 heterocycles. The standard InChI is InChI=1S/C23H33ClN4OS/c24-19-7-3-1-5-17(19)14-26-22(29)16-11-9-15(10-12-16)13-25-21-18-6-2-4-8-20(18)27-23(30)28-21/h1,3,5,7,15-16,18,20-21,25H,2,4,6,8-14H2,(H,26,29)(H2,27,28,30). The highest BCUT2D eigenvalue weighted by Gasteiger charge is 2.36. The smallest absolute Gasteiger partial charge is 0.223 e. The second-order valence-corrected chi connectivity index (χ2v) is 9.90. The molecule has 3 aliphatic rings. The van der Waals surface area contributed by atoms with Gasteiger partial charge in [-0.1, -0.05) is 42.6 Å². The molecule has 3 fully saturated rings. The predicted octanol–water partition coefficient (Wildman–Crippen LogP) is 3.71. The van der Waals surface area contributed by atoms with Crippen molar-refractivity contribution in [3.63, 3.8) is 0 Å². The summed E-state index contributed by atoms with van der Waals surface area (Å²) in [5.41, 5.74) is 0.971. The van der Waals surface area contributed by atoms with Gasteiger partial charge in [-0.05, 0) is 74.8 Å². The molecule has 1 amide bonds. The number of halogens is 1. The van der Waals surface area contributed by atoms with E-state index in [1.54, 1.807) is 0 Å². The lowest BCUT2D eigenvalue weighted by Crippen LogP contribution is -2.65. The zero-order chi connectivity index (χ0) is 20.9. The maximum Gasteiger partial charge on any atom is 0.223 e. The zero-order valence-electron chi connectivity index (χ0n) is 17.5. The summed E-state index contributed by atoms with van der Waals surface area (Å²) in [6.07, 6.45) is 9.48. The van der Waals surface area contributed by atoms with E-state index in [1.807, 2.05) is 24.3 Å². The summed E-state index contributed by atoms with van der Waals surface area (Å²) in [6.45, 7) is 1.50. The van der Waals surface area contributed by atoms with E-state index in [1.165, 1.54) is 25.7 Å². The molecule has 4 rings (SSSR count). The number of amides is 1. The van der Waals surface area contributed by atoms with Crippen LogP contribution < -0.4 is 21.3 Å². The van der Waals surface area contributed by atoms with E-state index < -0.39 is 0 Å². The van der Waals surface area contributed by atoms with Crippen LogP contribution >= 0.6 is 23.8 Å². The van der Waals surface area contributed by atoms with Gasteiger partial charge in [0.15, 0.2) is 5.11 Å². The van der Waals surface area contributed by atoms with Crippen molar-refractivity contribution in [3.8, 4) is 0 Å². The van der Waals surface area contributed by atoms with E-state index in [9.17, 15) is 4.79 Å². The van der Waals surface area contributed by atoms with Gasteiger partial charge in [0.1, 0.15) is 0 Å². The second kappa shape index (κ2) is 10.3. The predicted molar refractivity (Wildman–Crippen MR) is 125 cm³/mol. The maximum atomic E-state index is 12.6. The Kier molecular flexibility index (Phi) is 7.50. The van der Waals surface area contributed by atoms with Gasteiger partial charge in [0, 0.05) is 29.4 Å². The van der Waals surface area contributed by atoms with E-state index in [4.69, 9.17) is 23.8 Å². The molecule has 3 atom stereocenters. The van der Waals surface area contributed by atoms with Crippen LogP contribution in [-0.4, -0.2) is 29.8 Å². The lowest BCUT2D eigenvalue weighted by atomic mass is 9.80. The number of fused-ring (bicyclic) bond motifs is 1. The molecular weight excluding hydrogens is 416 g/mol. The van der Waals surface area contributed by atoms with Crippen LogP contribution in [0.2, 0.25) is 5.02 Å². The number of carbonyl (C=O) groups is 1. The molecule has 0 radical (unpaired) electrons. The van der Waals surface area contributed by atoms with Crippen molar-refractivity contribution in [2.75, 3.05) is 6.54 Å².